The topological polar surface area (TPSA) is 84.3 Å². The Hall–Kier alpha value is -3.16. The van der Waals surface area contributed by atoms with E-state index in [0.717, 1.165) is 5.56 Å². The van der Waals surface area contributed by atoms with Crippen LogP contribution in [0.3, 0.4) is 0 Å². The zero-order valence-electron chi connectivity index (χ0n) is 16.7. The average molecular weight is 459 g/mol. The molecule has 7 nitrogen and oxygen atoms in total. The smallest absolute Gasteiger partial charge is 0.274 e. The maximum atomic E-state index is 12.9. The number of nitrogens with zero attached hydrogens (tertiary/aromatic N) is 3. The quantitative estimate of drug-likeness (QED) is 0.584. The van der Waals surface area contributed by atoms with Crippen molar-refractivity contribution in [2.24, 2.45) is 0 Å². The summed E-state index contributed by atoms with van der Waals surface area (Å²) < 4.78 is 1.22. The minimum atomic E-state index is -0.468. The second-order valence-electron chi connectivity index (χ2n) is 6.66. The third-order valence-corrected chi connectivity index (χ3v) is 5.12. The summed E-state index contributed by atoms with van der Waals surface area (Å²) in [6.07, 6.45) is 0. The van der Waals surface area contributed by atoms with E-state index in [2.05, 4.69) is 10.4 Å². The van der Waals surface area contributed by atoms with E-state index in [4.69, 9.17) is 23.2 Å². The van der Waals surface area contributed by atoms with Crippen LogP contribution in [-0.4, -0.2) is 39.6 Å². The van der Waals surface area contributed by atoms with Crippen molar-refractivity contribution in [1.29, 1.82) is 0 Å². The number of aromatic nitrogens is 2. The molecular weight excluding hydrogens is 439 g/mol. The van der Waals surface area contributed by atoms with Crippen LogP contribution in [-0.2, 0) is 11.3 Å². The molecule has 0 fully saturated rings. The normalized spacial score (nSPS) is 10.5. The molecule has 0 aliphatic heterocycles. The number of likely N-dealkylation sites (N-methyl/N-ethyl adjacent to an activating group) is 1. The molecule has 1 aromatic heterocycles. The summed E-state index contributed by atoms with van der Waals surface area (Å²) in [6, 6.07) is 16.8. The molecule has 0 unspecified atom stereocenters. The van der Waals surface area contributed by atoms with Gasteiger partial charge in [-0.15, -0.1) is 0 Å². The Bertz CT molecular complexity index is 1130. The minimum Gasteiger partial charge on any atom is -0.328 e. The summed E-state index contributed by atoms with van der Waals surface area (Å²) in [6.45, 7) is 2.02. The lowest BCUT2D eigenvalue weighted by Crippen LogP contribution is -2.39. The molecule has 1 heterocycles. The van der Waals surface area contributed by atoms with Gasteiger partial charge < -0.3 is 10.2 Å². The van der Waals surface area contributed by atoms with Gasteiger partial charge in [0.15, 0.2) is 0 Å². The van der Waals surface area contributed by atoms with Gasteiger partial charge in [0.05, 0.1) is 22.3 Å². The summed E-state index contributed by atoms with van der Waals surface area (Å²) >= 11 is 12.2. The van der Waals surface area contributed by atoms with E-state index >= 15 is 0 Å². The predicted octanol–water partition coefficient (Wildman–Crippen LogP) is 3.70. The van der Waals surface area contributed by atoms with Gasteiger partial charge in [0, 0.05) is 12.6 Å². The van der Waals surface area contributed by atoms with Crippen molar-refractivity contribution < 1.29 is 9.59 Å². The number of carbonyl (C=O) groups is 2. The van der Waals surface area contributed by atoms with Crippen molar-refractivity contribution in [2.75, 3.05) is 18.4 Å². The van der Waals surface area contributed by atoms with Gasteiger partial charge in [-0.2, -0.15) is 5.10 Å². The van der Waals surface area contributed by atoms with Crippen LogP contribution in [0.15, 0.2) is 65.5 Å². The highest BCUT2D eigenvalue weighted by atomic mass is 35.5. The van der Waals surface area contributed by atoms with Crippen LogP contribution in [0.25, 0.3) is 0 Å². The number of rotatable bonds is 7. The van der Waals surface area contributed by atoms with Crippen LogP contribution in [0.1, 0.15) is 23.0 Å². The van der Waals surface area contributed by atoms with Crippen LogP contribution in [0, 0.1) is 0 Å². The van der Waals surface area contributed by atoms with E-state index in [1.807, 2.05) is 30.3 Å². The maximum absolute atomic E-state index is 12.9. The first-order chi connectivity index (χ1) is 14.9. The van der Waals surface area contributed by atoms with Crippen LogP contribution in [0.2, 0.25) is 10.0 Å². The Morgan fingerprint density at radius 3 is 2.32 bits per heavy atom. The van der Waals surface area contributed by atoms with Crippen molar-refractivity contribution >= 4 is 40.7 Å². The number of para-hydroxylation sites is 1. The second kappa shape index (κ2) is 10.2. The van der Waals surface area contributed by atoms with E-state index in [1.165, 1.54) is 21.7 Å². The molecule has 2 aromatic carbocycles. The number of nitrogens with one attached hydrogen (secondary N) is 1. The zero-order chi connectivity index (χ0) is 22.4. The van der Waals surface area contributed by atoms with Crippen molar-refractivity contribution in [3.8, 4) is 0 Å². The van der Waals surface area contributed by atoms with Gasteiger partial charge in [0.1, 0.15) is 12.2 Å². The van der Waals surface area contributed by atoms with Crippen molar-refractivity contribution in [3.63, 3.8) is 0 Å². The van der Waals surface area contributed by atoms with E-state index < -0.39 is 11.8 Å². The summed E-state index contributed by atoms with van der Waals surface area (Å²) in [7, 11) is 0. The third kappa shape index (κ3) is 5.71. The summed E-state index contributed by atoms with van der Waals surface area (Å²) in [4.78, 5) is 38.9. The van der Waals surface area contributed by atoms with Crippen molar-refractivity contribution in [3.05, 3.63) is 92.3 Å². The highest BCUT2D eigenvalue weighted by Gasteiger charge is 2.20. The SMILES string of the molecule is CCN(CC(=O)Nc1c(Cl)cccc1Cl)C(=O)c1ccc(=O)n(Cc2ccccc2)n1. The highest BCUT2D eigenvalue weighted by molar-refractivity contribution is 6.39. The van der Waals surface area contributed by atoms with Crippen LogP contribution < -0.4 is 10.9 Å². The molecule has 2 amide bonds. The maximum Gasteiger partial charge on any atom is 0.274 e. The summed E-state index contributed by atoms with van der Waals surface area (Å²) in [5.41, 5.74) is 0.912. The summed E-state index contributed by atoms with van der Waals surface area (Å²) in [5.74, 6) is -0.924. The molecule has 0 atom stereocenters. The highest BCUT2D eigenvalue weighted by Crippen LogP contribution is 2.29. The van der Waals surface area contributed by atoms with Gasteiger partial charge in [-0.05, 0) is 30.7 Å². The molecule has 0 aliphatic rings. The number of anilines is 1. The standard InChI is InChI=1S/C22H20Cl2N4O3/c1-2-27(14-19(29)25-21-16(23)9-6-10-17(21)24)22(31)18-11-12-20(30)28(26-18)13-15-7-4-3-5-8-15/h3-12H,2,13-14H2,1H3,(H,25,29). The van der Waals surface area contributed by atoms with Crippen molar-refractivity contribution in [2.45, 2.75) is 13.5 Å². The molecule has 160 valence electrons. The molecule has 9 heteroatoms. The number of benzene rings is 2. The number of hydrogen-bond acceptors (Lipinski definition) is 4. The number of hydrogen-bond donors (Lipinski definition) is 1. The molecule has 3 aromatic rings. The van der Waals surface area contributed by atoms with Gasteiger partial charge in [-0.3, -0.25) is 14.4 Å². The lowest BCUT2D eigenvalue weighted by Gasteiger charge is -2.20. The Morgan fingerprint density at radius 2 is 1.68 bits per heavy atom. The molecular formula is C22H20Cl2N4O3. The number of amides is 2. The fourth-order valence-corrected chi connectivity index (χ4v) is 3.38. The van der Waals surface area contributed by atoms with E-state index in [0.29, 0.717) is 10.0 Å². The molecule has 1 N–H and O–H groups in total. The fraction of sp³-hybridized carbons (Fsp3) is 0.182. The van der Waals surface area contributed by atoms with E-state index in [1.54, 1.807) is 25.1 Å². The molecule has 0 saturated heterocycles. The first-order valence-corrected chi connectivity index (χ1v) is 10.3. The Balaban J connectivity index is 1.75. The van der Waals surface area contributed by atoms with Crippen LogP contribution >= 0.6 is 23.2 Å². The largest absolute Gasteiger partial charge is 0.328 e. The lowest BCUT2D eigenvalue weighted by atomic mass is 10.2. The fourth-order valence-electron chi connectivity index (χ4n) is 2.89. The Morgan fingerprint density at radius 1 is 1.00 bits per heavy atom. The third-order valence-electron chi connectivity index (χ3n) is 4.49. The monoisotopic (exact) mass is 458 g/mol. The van der Waals surface area contributed by atoms with Gasteiger partial charge in [0.25, 0.3) is 11.5 Å². The van der Waals surface area contributed by atoms with Gasteiger partial charge in [0.2, 0.25) is 5.91 Å². The van der Waals surface area contributed by atoms with Crippen molar-refractivity contribution in [1.82, 2.24) is 14.7 Å². The second-order valence-corrected chi connectivity index (χ2v) is 7.48. The molecule has 3 rings (SSSR count). The number of halogens is 2. The van der Waals surface area contributed by atoms with Crippen LogP contribution in [0.4, 0.5) is 5.69 Å². The van der Waals surface area contributed by atoms with E-state index in [9.17, 15) is 14.4 Å². The van der Waals surface area contributed by atoms with Gasteiger partial charge >= 0.3 is 0 Å². The summed E-state index contributed by atoms with van der Waals surface area (Å²) in [5, 5.41) is 7.42. The average Bonchev–Trinajstić information content (AvgIpc) is 2.76. The first kappa shape index (κ1) is 22.5. The first-order valence-electron chi connectivity index (χ1n) is 9.54. The van der Waals surface area contributed by atoms with Gasteiger partial charge in [-0.1, -0.05) is 59.6 Å². The molecule has 31 heavy (non-hydrogen) atoms. The molecule has 0 spiro atoms. The minimum absolute atomic E-state index is 0.0703. The zero-order valence-corrected chi connectivity index (χ0v) is 18.2. The molecule has 0 bridgehead atoms. The number of carbonyl (C=O) groups excluding carboxylic acids is 2. The molecule has 0 saturated carbocycles. The lowest BCUT2D eigenvalue weighted by molar-refractivity contribution is -0.116. The van der Waals surface area contributed by atoms with E-state index in [-0.39, 0.29) is 36.6 Å². The van der Waals surface area contributed by atoms with Gasteiger partial charge in [-0.25, -0.2) is 4.68 Å². The van der Waals surface area contributed by atoms with Crippen LogP contribution in [0.5, 0.6) is 0 Å². The molecule has 0 radical (unpaired) electrons. The predicted molar refractivity (Wildman–Crippen MR) is 121 cm³/mol. The molecule has 0 aliphatic carbocycles. The Kier molecular flexibility index (Phi) is 7.44. The Labute approximate surface area is 189 Å².